The summed E-state index contributed by atoms with van der Waals surface area (Å²) in [7, 11) is 0. The average Bonchev–Trinajstić information content (AvgIpc) is 2.39. The number of aryl methyl sites for hydroxylation is 1. The summed E-state index contributed by atoms with van der Waals surface area (Å²) < 4.78 is 0. The molecule has 0 aliphatic rings. The second kappa shape index (κ2) is 5.35. The molecule has 0 spiro atoms. The molecule has 4 heteroatoms. The molecule has 0 bridgehead atoms. The van der Waals surface area contributed by atoms with Crippen molar-refractivity contribution in [1.29, 1.82) is 0 Å². The van der Waals surface area contributed by atoms with Crippen LogP contribution in [-0.2, 0) is 0 Å². The predicted molar refractivity (Wildman–Crippen MR) is 74.1 cm³/mol. The quantitative estimate of drug-likeness (QED) is 0.882. The van der Waals surface area contributed by atoms with Gasteiger partial charge in [-0.3, -0.25) is 9.59 Å². The first-order valence-electron chi connectivity index (χ1n) is 5.85. The molecular weight excluding hydrogens is 240 g/mol. The molecule has 2 aromatic rings. The van der Waals surface area contributed by atoms with Gasteiger partial charge in [-0.1, -0.05) is 24.3 Å². The van der Waals surface area contributed by atoms with Crippen LogP contribution in [-0.4, -0.2) is 11.8 Å². The Morgan fingerprint density at radius 3 is 2.47 bits per heavy atom. The Hall–Kier alpha value is -2.62. The summed E-state index contributed by atoms with van der Waals surface area (Å²) in [4.78, 5) is 23.2. The van der Waals surface area contributed by atoms with Crippen LogP contribution in [0.15, 0.2) is 48.5 Å². The van der Waals surface area contributed by atoms with E-state index >= 15 is 0 Å². The average molecular weight is 254 g/mol. The minimum Gasteiger partial charge on any atom is -0.366 e. The van der Waals surface area contributed by atoms with Crippen molar-refractivity contribution in [3.8, 4) is 0 Å². The summed E-state index contributed by atoms with van der Waals surface area (Å²) >= 11 is 0. The number of carbonyl (C=O) groups is 2. The number of primary amides is 1. The van der Waals surface area contributed by atoms with Gasteiger partial charge in [-0.2, -0.15) is 0 Å². The van der Waals surface area contributed by atoms with Gasteiger partial charge in [-0.05, 0) is 36.8 Å². The van der Waals surface area contributed by atoms with Gasteiger partial charge in [0.25, 0.3) is 5.91 Å². The van der Waals surface area contributed by atoms with Crippen molar-refractivity contribution in [1.82, 2.24) is 0 Å². The van der Waals surface area contributed by atoms with E-state index in [0.717, 1.165) is 5.56 Å². The van der Waals surface area contributed by atoms with Crippen LogP contribution in [0.4, 0.5) is 5.69 Å². The zero-order valence-corrected chi connectivity index (χ0v) is 10.5. The number of benzene rings is 2. The van der Waals surface area contributed by atoms with Gasteiger partial charge in [0.15, 0.2) is 0 Å². The third kappa shape index (κ3) is 2.98. The molecule has 0 heterocycles. The van der Waals surface area contributed by atoms with Gasteiger partial charge in [-0.15, -0.1) is 0 Å². The van der Waals surface area contributed by atoms with Crippen molar-refractivity contribution in [2.75, 3.05) is 5.32 Å². The normalized spacial score (nSPS) is 9.95. The van der Waals surface area contributed by atoms with Gasteiger partial charge in [-0.25, -0.2) is 0 Å². The van der Waals surface area contributed by atoms with Crippen molar-refractivity contribution in [3.63, 3.8) is 0 Å². The summed E-state index contributed by atoms with van der Waals surface area (Å²) in [5.41, 5.74) is 7.60. The van der Waals surface area contributed by atoms with E-state index in [1.54, 1.807) is 30.3 Å². The van der Waals surface area contributed by atoms with Gasteiger partial charge in [0.2, 0.25) is 5.91 Å². The molecule has 0 unspecified atom stereocenters. The second-order valence-corrected chi connectivity index (χ2v) is 4.21. The molecule has 3 N–H and O–H groups in total. The summed E-state index contributed by atoms with van der Waals surface area (Å²) in [6, 6.07) is 13.8. The van der Waals surface area contributed by atoms with E-state index < -0.39 is 5.91 Å². The molecule has 0 fully saturated rings. The smallest absolute Gasteiger partial charge is 0.255 e. The van der Waals surface area contributed by atoms with Crippen molar-refractivity contribution in [3.05, 3.63) is 65.2 Å². The first-order valence-corrected chi connectivity index (χ1v) is 5.85. The fourth-order valence-electron chi connectivity index (χ4n) is 1.78. The Morgan fingerprint density at radius 2 is 1.79 bits per heavy atom. The molecule has 0 radical (unpaired) electrons. The Balaban J connectivity index is 2.22. The zero-order chi connectivity index (χ0) is 13.8. The molecule has 0 aromatic heterocycles. The summed E-state index contributed by atoms with van der Waals surface area (Å²) in [5, 5.41) is 2.75. The number of anilines is 1. The van der Waals surface area contributed by atoms with Crippen molar-refractivity contribution < 1.29 is 9.59 Å². The molecule has 4 nitrogen and oxygen atoms in total. The lowest BCUT2D eigenvalue weighted by molar-refractivity contribution is 0.0996. The lowest BCUT2D eigenvalue weighted by Crippen LogP contribution is -2.15. The Bertz CT molecular complexity index is 636. The van der Waals surface area contributed by atoms with Crippen LogP contribution in [0.3, 0.4) is 0 Å². The first-order chi connectivity index (χ1) is 9.08. The van der Waals surface area contributed by atoms with E-state index in [0.29, 0.717) is 16.8 Å². The standard InChI is InChI=1S/C15H14N2O2/c1-10-5-2-3-8-13(10)15(19)17-12-7-4-6-11(9-12)14(16)18/h2-9H,1H3,(H2,16,18)(H,17,19). The molecule has 0 aliphatic heterocycles. The highest BCUT2D eigenvalue weighted by molar-refractivity contribution is 6.05. The van der Waals surface area contributed by atoms with Crippen molar-refractivity contribution in [2.24, 2.45) is 5.73 Å². The monoisotopic (exact) mass is 254 g/mol. The van der Waals surface area contributed by atoms with Crippen molar-refractivity contribution in [2.45, 2.75) is 6.92 Å². The SMILES string of the molecule is Cc1ccccc1C(=O)Nc1cccc(C(N)=O)c1. The Labute approximate surface area is 111 Å². The van der Waals surface area contributed by atoms with E-state index in [4.69, 9.17) is 5.73 Å². The fraction of sp³-hybridized carbons (Fsp3) is 0.0667. The van der Waals surface area contributed by atoms with Gasteiger partial charge < -0.3 is 11.1 Å². The number of amides is 2. The van der Waals surface area contributed by atoms with Gasteiger partial charge >= 0.3 is 0 Å². The van der Waals surface area contributed by atoms with E-state index in [2.05, 4.69) is 5.32 Å². The molecular formula is C15H14N2O2. The second-order valence-electron chi connectivity index (χ2n) is 4.21. The third-order valence-corrected chi connectivity index (χ3v) is 2.79. The third-order valence-electron chi connectivity index (χ3n) is 2.79. The van der Waals surface area contributed by atoms with Crippen LogP contribution >= 0.6 is 0 Å². The first kappa shape index (κ1) is 12.8. The Morgan fingerprint density at radius 1 is 1.05 bits per heavy atom. The highest BCUT2D eigenvalue weighted by Gasteiger charge is 2.09. The predicted octanol–water partition coefficient (Wildman–Crippen LogP) is 2.35. The number of carbonyl (C=O) groups excluding carboxylic acids is 2. The van der Waals surface area contributed by atoms with Crippen molar-refractivity contribution >= 4 is 17.5 Å². The molecule has 0 atom stereocenters. The Kier molecular flexibility index (Phi) is 3.61. The van der Waals surface area contributed by atoms with Crippen LogP contribution in [0.2, 0.25) is 0 Å². The van der Waals surface area contributed by atoms with E-state index in [-0.39, 0.29) is 5.91 Å². The maximum atomic E-state index is 12.1. The van der Waals surface area contributed by atoms with Crippen LogP contribution < -0.4 is 11.1 Å². The lowest BCUT2D eigenvalue weighted by Gasteiger charge is -2.08. The molecule has 0 saturated carbocycles. The van der Waals surface area contributed by atoms with Gasteiger partial charge in [0, 0.05) is 16.8 Å². The van der Waals surface area contributed by atoms with E-state index in [9.17, 15) is 9.59 Å². The number of hydrogen-bond acceptors (Lipinski definition) is 2. The number of nitrogens with one attached hydrogen (secondary N) is 1. The van der Waals surface area contributed by atoms with Crippen LogP contribution in [0, 0.1) is 6.92 Å². The maximum Gasteiger partial charge on any atom is 0.255 e. The molecule has 0 saturated heterocycles. The summed E-state index contributed by atoms with van der Waals surface area (Å²) in [6.45, 7) is 1.87. The highest BCUT2D eigenvalue weighted by atomic mass is 16.2. The highest BCUT2D eigenvalue weighted by Crippen LogP contribution is 2.13. The number of rotatable bonds is 3. The zero-order valence-electron chi connectivity index (χ0n) is 10.5. The largest absolute Gasteiger partial charge is 0.366 e. The topological polar surface area (TPSA) is 72.2 Å². The minimum absolute atomic E-state index is 0.209. The summed E-state index contributed by atoms with van der Waals surface area (Å²) in [6.07, 6.45) is 0. The molecule has 2 rings (SSSR count). The van der Waals surface area contributed by atoms with Crippen LogP contribution in [0.5, 0.6) is 0 Å². The van der Waals surface area contributed by atoms with E-state index in [1.165, 1.54) is 0 Å². The summed E-state index contributed by atoms with van der Waals surface area (Å²) in [5.74, 6) is -0.730. The number of hydrogen-bond donors (Lipinski definition) is 2. The van der Waals surface area contributed by atoms with Crippen LogP contribution in [0.1, 0.15) is 26.3 Å². The van der Waals surface area contributed by atoms with E-state index in [1.807, 2.05) is 25.1 Å². The minimum atomic E-state index is -0.521. The molecule has 2 aromatic carbocycles. The maximum absolute atomic E-state index is 12.1. The lowest BCUT2D eigenvalue weighted by atomic mass is 10.1. The van der Waals surface area contributed by atoms with Crippen LogP contribution in [0.25, 0.3) is 0 Å². The van der Waals surface area contributed by atoms with Gasteiger partial charge in [0.05, 0.1) is 0 Å². The fourth-order valence-corrected chi connectivity index (χ4v) is 1.78. The molecule has 2 amide bonds. The molecule has 96 valence electrons. The van der Waals surface area contributed by atoms with Gasteiger partial charge in [0.1, 0.15) is 0 Å². The molecule has 0 aliphatic carbocycles. The molecule has 19 heavy (non-hydrogen) atoms. The number of nitrogens with two attached hydrogens (primary N) is 1.